The van der Waals surface area contributed by atoms with Crippen LogP contribution < -0.4 is 10.6 Å². The van der Waals surface area contributed by atoms with Crippen LogP contribution in [0.2, 0.25) is 5.02 Å². The molecule has 0 radical (unpaired) electrons. The number of H-pyrrole nitrogens is 1. The molecule has 3 N–H and O–H groups in total. The summed E-state index contributed by atoms with van der Waals surface area (Å²) in [5, 5.41) is 6.82. The highest BCUT2D eigenvalue weighted by atomic mass is 35.5. The van der Waals surface area contributed by atoms with Gasteiger partial charge in [0.2, 0.25) is 0 Å². The largest absolute Gasteiger partial charge is 0.356 e. The van der Waals surface area contributed by atoms with E-state index in [9.17, 15) is 4.79 Å². The molecule has 0 aliphatic carbocycles. The van der Waals surface area contributed by atoms with Crippen LogP contribution in [0, 0.1) is 0 Å². The van der Waals surface area contributed by atoms with E-state index >= 15 is 0 Å². The standard InChI is InChI=1S/C11H16ClN3O.ClH/c12-8-6-10(15-7-8)11(16)14-5-3-9-2-1-4-13-9;/h6-7,9,13,15H,1-5H2,(H,14,16);1H/t9-;/m1./s1. The van der Waals surface area contributed by atoms with Gasteiger partial charge < -0.3 is 15.6 Å². The average molecular weight is 278 g/mol. The summed E-state index contributed by atoms with van der Waals surface area (Å²) in [5.74, 6) is -0.0927. The molecule has 1 aromatic heterocycles. The molecule has 1 amide bonds. The predicted octanol–water partition coefficient (Wildman–Crippen LogP) is 1.96. The van der Waals surface area contributed by atoms with Crippen molar-refractivity contribution in [2.45, 2.75) is 25.3 Å². The van der Waals surface area contributed by atoms with Crippen molar-refractivity contribution in [3.63, 3.8) is 0 Å². The minimum Gasteiger partial charge on any atom is -0.356 e. The van der Waals surface area contributed by atoms with Crippen LogP contribution in [-0.2, 0) is 0 Å². The molecule has 0 spiro atoms. The molecule has 6 heteroatoms. The van der Waals surface area contributed by atoms with Gasteiger partial charge in [0.05, 0.1) is 5.02 Å². The van der Waals surface area contributed by atoms with Gasteiger partial charge in [-0.1, -0.05) is 11.6 Å². The molecule has 2 heterocycles. The third-order valence-corrected chi connectivity index (χ3v) is 3.05. The van der Waals surface area contributed by atoms with E-state index in [0.29, 0.717) is 23.3 Å². The molecular weight excluding hydrogens is 261 g/mol. The number of amides is 1. The van der Waals surface area contributed by atoms with Gasteiger partial charge in [0.1, 0.15) is 5.69 Å². The molecule has 1 aliphatic heterocycles. The fourth-order valence-electron chi connectivity index (χ4n) is 1.96. The van der Waals surface area contributed by atoms with Gasteiger partial charge in [-0.3, -0.25) is 4.79 Å². The summed E-state index contributed by atoms with van der Waals surface area (Å²) in [7, 11) is 0. The van der Waals surface area contributed by atoms with E-state index in [0.717, 1.165) is 13.0 Å². The van der Waals surface area contributed by atoms with Gasteiger partial charge in [0, 0.05) is 18.8 Å². The third kappa shape index (κ3) is 4.22. The number of rotatable bonds is 4. The maximum Gasteiger partial charge on any atom is 0.267 e. The number of halogens is 2. The maximum atomic E-state index is 11.6. The quantitative estimate of drug-likeness (QED) is 0.788. The molecule has 0 bridgehead atoms. The number of carbonyl (C=O) groups is 1. The molecule has 1 saturated heterocycles. The Morgan fingerprint density at radius 3 is 3.00 bits per heavy atom. The van der Waals surface area contributed by atoms with E-state index in [-0.39, 0.29) is 18.3 Å². The first-order valence-electron chi connectivity index (χ1n) is 5.61. The molecule has 0 saturated carbocycles. The second-order valence-corrected chi connectivity index (χ2v) is 4.51. The van der Waals surface area contributed by atoms with Crippen molar-refractivity contribution in [2.24, 2.45) is 0 Å². The Morgan fingerprint density at radius 2 is 2.41 bits per heavy atom. The average Bonchev–Trinajstić information content (AvgIpc) is 2.89. The van der Waals surface area contributed by atoms with Gasteiger partial charge >= 0.3 is 0 Å². The van der Waals surface area contributed by atoms with E-state index in [1.165, 1.54) is 12.8 Å². The molecule has 0 unspecified atom stereocenters. The van der Waals surface area contributed by atoms with E-state index in [2.05, 4.69) is 15.6 Å². The Bertz CT molecular complexity index is 361. The fourth-order valence-corrected chi connectivity index (χ4v) is 2.12. The van der Waals surface area contributed by atoms with Crippen molar-refractivity contribution >= 4 is 29.9 Å². The Morgan fingerprint density at radius 1 is 1.59 bits per heavy atom. The van der Waals surface area contributed by atoms with Crippen molar-refractivity contribution in [1.29, 1.82) is 0 Å². The zero-order valence-corrected chi connectivity index (χ0v) is 11.0. The van der Waals surface area contributed by atoms with Crippen molar-refractivity contribution in [3.8, 4) is 0 Å². The first-order valence-corrected chi connectivity index (χ1v) is 5.99. The van der Waals surface area contributed by atoms with E-state index in [4.69, 9.17) is 11.6 Å². The van der Waals surface area contributed by atoms with E-state index < -0.39 is 0 Å². The van der Waals surface area contributed by atoms with Crippen LogP contribution in [0.1, 0.15) is 29.8 Å². The van der Waals surface area contributed by atoms with Gasteiger partial charge in [-0.25, -0.2) is 0 Å². The van der Waals surface area contributed by atoms with Crippen LogP contribution in [0.5, 0.6) is 0 Å². The van der Waals surface area contributed by atoms with Crippen molar-refractivity contribution in [1.82, 2.24) is 15.6 Å². The molecule has 1 aromatic rings. The number of aromatic amines is 1. The summed E-state index contributed by atoms with van der Waals surface area (Å²) < 4.78 is 0. The molecular formula is C11H17Cl2N3O. The highest BCUT2D eigenvalue weighted by Crippen LogP contribution is 2.10. The van der Waals surface area contributed by atoms with Gasteiger partial charge in [0.25, 0.3) is 5.91 Å². The van der Waals surface area contributed by atoms with Crippen LogP contribution in [-0.4, -0.2) is 30.0 Å². The molecule has 17 heavy (non-hydrogen) atoms. The lowest BCUT2D eigenvalue weighted by Gasteiger charge is -2.10. The lowest BCUT2D eigenvalue weighted by molar-refractivity contribution is 0.0948. The first-order chi connectivity index (χ1) is 7.75. The minimum absolute atomic E-state index is 0. The van der Waals surface area contributed by atoms with Crippen LogP contribution in [0.15, 0.2) is 12.3 Å². The maximum absolute atomic E-state index is 11.6. The van der Waals surface area contributed by atoms with E-state index in [1.54, 1.807) is 12.3 Å². The second kappa shape index (κ2) is 6.89. The molecule has 96 valence electrons. The molecule has 1 aliphatic rings. The molecule has 0 aromatic carbocycles. The monoisotopic (exact) mass is 277 g/mol. The number of hydrogen-bond donors (Lipinski definition) is 3. The summed E-state index contributed by atoms with van der Waals surface area (Å²) in [6.45, 7) is 1.80. The fraction of sp³-hybridized carbons (Fsp3) is 0.545. The highest BCUT2D eigenvalue weighted by molar-refractivity contribution is 6.30. The SMILES string of the molecule is Cl.O=C(NCC[C@H]1CCCN1)c1cc(Cl)c[nH]1. The first kappa shape index (κ1) is 14.4. The summed E-state index contributed by atoms with van der Waals surface area (Å²) in [4.78, 5) is 14.4. The summed E-state index contributed by atoms with van der Waals surface area (Å²) in [6.07, 6.45) is 5.05. The smallest absolute Gasteiger partial charge is 0.267 e. The molecule has 1 atom stereocenters. The third-order valence-electron chi connectivity index (χ3n) is 2.83. The molecule has 4 nitrogen and oxygen atoms in total. The van der Waals surface area contributed by atoms with Crippen LogP contribution in [0.3, 0.4) is 0 Å². The van der Waals surface area contributed by atoms with Gasteiger partial charge in [-0.15, -0.1) is 12.4 Å². The Hall–Kier alpha value is -0.710. The minimum atomic E-state index is -0.0927. The Labute approximate surface area is 112 Å². The normalized spacial score (nSPS) is 18.8. The van der Waals surface area contributed by atoms with Crippen LogP contribution in [0.25, 0.3) is 0 Å². The number of nitrogens with one attached hydrogen (secondary N) is 3. The molecule has 1 fully saturated rings. The lowest BCUT2D eigenvalue weighted by atomic mass is 10.1. The summed E-state index contributed by atoms with van der Waals surface area (Å²) >= 11 is 5.72. The lowest BCUT2D eigenvalue weighted by Crippen LogP contribution is -2.30. The zero-order valence-electron chi connectivity index (χ0n) is 9.46. The number of carbonyl (C=O) groups excluding carboxylic acids is 1. The Kier molecular flexibility index (Phi) is 5.82. The highest BCUT2D eigenvalue weighted by Gasteiger charge is 2.14. The van der Waals surface area contributed by atoms with Crippen molar-refractivity contribution in [3.05, 3.63) is 23.0 Å². The van der Waals surface area contributed by atoms with Gasteiger partial charge in [-0.05, 0) is 31.9 Å². The molecule has 2 rings (SSSR count). The Balaban J connectivity index is 0.00000144. The van der Waals surface area contributed by atoms with E-state index in [1.807, 2.05) is 0 Å². The predicted molar refractivity (Wildman–Crippen MR) is 71.0 cm³/mol. The topological polar surface area (TPSA) is 56.9 Å². The van der Waals surface area contributed by atoms with Crippen molar-refractivity contribution in [2.75, 3.05) is 13.1 Å². The van der Waals surface area contributed by atoms with Crippen molar-refractivity contribution < 1.29 is 4.79 Å². The van der Waals surface area contributed by atoms with Crippen LogP contribution in [0.4, 0.5) is 0 Å². The van der Waals surface area contributed by atoms with Gasteiger partial charge in [-0.2, -0.15) is 0 Å². The zero-order chi connectivity index (χ0) is 11.4. The number of hydrogen-bond acceptors (Lipinski definition) is 2. The number of aromatic nitrogens is 1. The van der Waals surface area contributed by atoms with Gasteiger partial charge in [0.15, 0.2) is 0 Å². The summed E-state index contributed by atoms with van der Waals surface area (Å²) in [5.41, 5.74) is 0.518. The second-order valence-electron chi connectivity index (χ2n) is 4.07. The summed E-state index contributed by atoms with van der Waals surface area (Å²) in [6, 6.07) is 2.19. The van der Waals surface area contributed by atoms with Crippen LogP contribution >= 0.6 is 24.0 Å².